The van der Waals surface area contributed by atoms with E-state index in [9.17, 15) is 4.79 Å². The van der Waals surface area contributed by atoms with Crippen LogP contribution in [0.2, 0.25) is 0 Å². The van der Waals surface area contributed by atoms with Crippen LogP contribution in [0.25, 0.3) is 0 Å². The lowest BCUT2D eigenvalue weighted by molar-refractivity contribution is 0.0739. The van der Waals surface area contributed by atoms with Gasteiger partial charge in [-0.05, 0) is 13.8 Å². The van der Waals surface area contributed by atoms with Crippen molar-refractivity contribution in [2.24, 2.45) is 7.05 Å². The van der Waals surface area contributed by atoms with Crippen molar-refractivity contribution in [3.63, 3.8) is 0 Å². The van der Waals surface area contributed by atoms with Crippen LogP contribution in [0.1, 0.15) is 24.5 Å². The van der Waals surface area contributed by atoms with E-state index in [0.29, 0.717) is 5.82 Å². The Bertz CT molecular complexity index is 304. The molecule has 72 valence electrons. The molecule has 0 atom stereocenters. The molecule has 0 unspecified atom stereocenters. The quantitative estimate of drug-likeness (QED) is 0.680. The van der Waals surface area contributed by atoms with Gasteiger partial charge in [0.15, 0.2) is 5.82 Å². The number of imidazole rings is 1. The van der Waals surface area contributed by atoms with E-state index in [1.165, 1.54) is 0 Å². The topological polar surface area (TPSA) is 38.1 Å². The van der Waals surface area contributed by atoms with Crippen molar-refractivity contribution in [2.75, 3.05) is 7.05 Å². The van der Waals surface area contributed by atoms with Crippen molar-refractivity contribution in [3.8, 4) is 0 Å². The SMILES string of the molecule is CC(C)N(C)C(=O)c1nccn1C. The van der Waals surface area contributed by atoms with Crippen molar-refractivity contribution in [3.05, 3.63) is 18.2 Å². The Kier molecular flexibility index (Phi) is 2.70. The Labute approximate surface area is 78.2 Å². The fraction of sp³-hybridized carbons (Fsp3) is 0.556. The van der Waals surface area contributed by atoms with E-state index in [-0.39, 0.29) is 11.9 Å². The van der Waals surface area contributed by atoms with Crippen molar-refractivity contribution < 1.29 is 4.79 Å². The van der Waals surface area contributed by atoms with Crippen molar-refractivity contribution in [2.45, 2.75) is 19.9 Å². The fourth-order valence-corrected chi connectivity index (χ4v) is 0.964. The van der Waals surface area contributed by atoms with Gasteiger partial charge in [0, 0.05) is 32.5 Å². The summed E-state index contributed by atoms with van der Waals surface area (Å²) < 4.78 is 1.72. The molecule has 0 aliphatic rings. The van der Waals surface area contributed by atoms with Gasteiger partial charge in [0.05, 0.1) is 0 Å². The normalized spacial score (nSPS) is 10.5. The van der Waals surface area contributed by atoms with E-state index in [2.05, 4.69) is 4.98 Å². The molecule has 13 heavy (non-hydrogen) atoms. The number of aromatic nitrogens is 2. The second-order valence-corrected chi connectivity index (χ2v) is 3.37. The third kappa shape index (κ3) is 1.88. The smallest absolute Gasteiger partial charge is 0.289 e. The summed E-state index contributed by atoms with van der Waals surface area (Å²) in [5.74, 6) is 0.443. The van der Waals surface area contributed by atoms with Crippen molar-refractivity contribution in [1.29, 1.82) is 0 Å². The molecule has 0 aliphatic heterocycles. The molecular formula is C9H15N3O. The molecule has 0 N–H and O–H groups in total. The summed E-state index contributed by atoms with van der Waals surface area (Å²) in [4.78, 5) is 17.4. The lowest BCUT2D eigenvalue weighted by Gasteiger charge is -2.20. The maximum Gasteiger partial charge on any atom is 0.289 e. The molecule has 0 saturated heterocycles. The third-order valence-corrected chi connectivity index (χ3v) is 2.11. The highest BCUT2D eigenvalue weighted by molar-refractivity contribution is 5.90. The highest BCUT2D eigenvalue weighted by Crippen LogP contribution is 2.02. The molecule has 1 heterocycles. The number of aryl methyl sites for hydroxylation is 1. The molecule has 0 bridgehead atoms. The summed E-state index contributed by atoms with van der Waals surface area (Å²) in [7, 11) is 3.59. The Morgan fingerprint density at radius 3 is 2.62 bits per heavy atom. The van der Waals surface area contributed by atoms with Crippen molar-refractivity contribution in [1.82, 2.24) is 14.5 Å². The average Bonchev–Trinajstić information content (AvgIpc) is 2.48. The van der Waals surface area contributed by atoms with Crippen LogP contribution in [0.4, 0.5) is 0 Å². The maximum absolute atomic E-state index is 11.7. The zero-order valence-electron chi connectivity index (χ0n) is 8.48. The first-order valence-corrected chi connectivity index (χ1v) is 4.28. The Morgan fingerprint density at radius 1 is 1.62 bits per heavy atom. The van der Waals surface area contributed by atoms with Gasteiger partial charge in [-0.25, -0.2) is 4.98 Å². The largest absolute Gasteiger partial charge is 0.337 e. The number of nitrogens with zero attached hydrogens (tertiary/aromatic N) is 3. The maximum atomic E-state index is 11.7. The predicted octanol–water partition coefficient (Wildman–Crippen LogP) is 0.900. The Balaban J connectivity index is 2.86. The van der Waals surface area contributed by atoms with Crippen LogP contribution < -0.4 is 0 Å². The average molecular weight is 181 g/mol. The van der Waals surface area contributed by atoms with E-state index in [1.807, 2.05) is 20.9 Å². The summed E-state index contributed by atoms with van der Waals surface area (Å²) in [6.45, 7) is 3.95. The molecular weight excluding hydrogens is 166 g/mol. The van der Waals surface area contributed by atoms with E-state index in [0.717, 1.165) is 0 Å². The molecule has 4 nitrogen and oxygen atoms in total. The van der Waals surface area contributed by atoms with Gasteiger partial charge in [-0.1, -0.05) is 0 Å². The zero-order chi connectivity index (χ0) is 10.0. The van der Waals surface area contributed by atoms with Gasteiger partial charge in [0.2, 0.25) is 0 Å². The summed E-state index contributed by atoms with van der Waals surface area (Å²) in [6.07, 6.45) is 3.39. The summed E-state index contributed by atoms with van der Waals surface area (Å²) in [5.41, 5.74) is 0. The minimum Gasteiger partial charge on any atom is -0.337 e. The molecule has 0 radical (unpaired) electrons. The van der Waals surface area contributed by atoms with Crippen LogP contribution in [0.5, 0.6) is 0 Å². The highest BCUT2D eigenvalue weighted by Gasteiger charge is 2.17. The number of carbonyl (C=O) groups excluding carboxylic acids is 1. The molecule has 1 amide bonds. The van der Waals surface area contributed by atoms with Gasteiger partial charge < -0.3 is 9.47 Å². The third-order valence-electron chi connectivity index (χ3n) is 2.11. The van der Waals surface area contributed by atoms with Gasteiger partial charge >= 0.3 is 0 Å². The lowest BCUT2D eigenvalue weighted by atomic mass is 10.3. The second-order valence-electron chi connectivity index (χ2n) is 3.37. The van der Waals surface area contributed by atoms with Crippen LogP contribution in [0.3, 0.4) is 0 Å². The van der Waals surface area contributed by atoms with Crippen LogP contribution >= 0.6 is 0 Å². The number of carbonyl (C=O) groups is 1. The molecule has 4 heteroatoms. The van der Waals surface area contributed by atoms with E-state index in [4.69, 9.17) is 0 Å². The summed E-state index contributed by atoms with van der Waals surface area (Å²) >= 11 is 0. The number of hydrogen-bond donors (Lipinski definition) is 0. The van der Waals surface area contributed by atoms with Crippen molar-refractivity contribution >= 4 is 5.91 Å². The molecule has 0 aromatic carbocycles. The minimum absolute atomic E-state index is 0.0394. The number of hydrogen-bond acceptors (Lipinski definition) is 2. The van der Waals surface area contributed by atoms with Crippen LogP contribution in [-0.2, 0) is 7.05 Å². The first kappa shape index (κ1) is 9.77. The predicted molar refractivity (Wildman–Crippen MR) is 50.4 cm³/mol. The van der Waals surface area contributed by atoms with E-state index >= 15 is 0 Å². The first-order valence-electron chi connectivity index (χ1n) is 4.28. The van der Waals surface area contributed by atoms with Gasteiger partial charge in [-0.15, -0.1) is 0 Å². The molecule has 0 saturated carbocycles. The summed E-state index contributed by atoms with van der Waals surface area (Å²) in [6, 6.07) is 0.198. The number of rotatable bonds is 2. The molecule has 1 rings (SSSR count). The van der Waals surface area contributed by atoms with Gasteiger partial charge in [-0.2, -0.15) is 0 Å². The minimum atomic E-state index is -0.0394. The first-order chi connectivity index (χ1) is 6.04. The van der Waals surface area contributed by atoms with E-state index in [1.54, 1.807) is 28.9 Å². The number of amides is 1. The van der Waals surface area contributed by atoms with Gasteiger partial charge in [0.25, 0.3) is 5.91 Å². The summed E-state index contributed by atoms with van der Waals surface area (Å²) in [5, 5.41) is 0. The second kappa shape index (κ2) is 3.60. The molecule has 1 aromatic heterocycles. The molecule has 0 aliphatic carbocycles. The molecule has 0 spiro atoms. The molecule has 1 aromatic rings. The highest BCUT2D eigenvalue weighted by atomic mass is 16.2. The Hall–Kier alpha value is -1.32. The lowest BCUT2D eigenvalue weighted by Crippen LogP contribution is -2.34. The van der Waals surface area contributed by atoms with Crippen LogP contribution in [0, 0.1) is 0 Å². The van der Waals surface area contributed by atoms with Crippen LogP contribution in [-0.4, -0.2) is 33.4 Å². The fourth-order valence-electron chi connectivity index (χ4n) is 0.964. The van der Waals surface area contributed by atoms with E-state index < -0.39 is 0 Å². The Morgan fingerprint density at radius 2 is 2.23 bits per heavy atom. The van der Waals surface area contributed by atoms with Gasteiger partial charge in [0.1, 0.15) is 0 Å². The van der Waals surface area contributed by atoms with Crippen LogP contribution in [0.15, 0.2) is 12.4 Å². The van der Waals surface area contributed by atoms with Gasteiger partial charge in [-0.3, -0.25) is 4.79 Å². The standard InChI is InChI=1S/C9H15N3O/c1-7(2)12(4)9(13)8-10-5-6-11(8)3/h5-7H,1-4H3. The molecule has 0 fully saturated rings. The zero-order valence-corrected chi connectivity index (χ0v) is 8.48. The monoisotopic (exact) mass is 181 g/mol.